The quantitative estimate of drug-likeness (QED) is 0.568. The molecule has 1 aliphatic rings. The molecule has 2 N–H and O–H groups in total. The van der Waals surface area contributed by atoms with Crippen LogP contribution in [-0.2, 0) is 9.47 Å². The van der Waals surface area contributed by atoms with Gasteiger partial charge in [-0.15, -0.1) is 0 Å². The van der Waals surface area contributed by atoms with E-state index in [9.17, 15) is 0 Å². The van der Waals surface area contributed by atoms with Gasteiger partial charge in [0.05, 0.1) is 0 Å². The Hall–Kier alpha value is 0.470. The van der Waals surface area contributed by atoms with Crippen molar-refractivity contribution < 1.29 is 9.47 Å². The Kier molecular flexibility index (Phi) is 4.95. The Labute approximate surface area is 94.4 Å². The summed E-state index contributed by atoms with van der Waals surface area (Å²) >= 11 is 4.89. The number of rotatable bonds is 4. The third-order valence-electron chi connectivity index (χ3n) is 2.30. The summed E-state index contributed by atoms with van der Waals surface area (Å²) in [6.07, 6.45) is -0.105. The minimum absolute atomic E-state index is 0.0527. The molecule has 0 amide bonds. The van der Waals surface area contributed by atoms with Gasteiger partial charge in [0, 0.05) is 24.3 Å². The standard InChI is InChI=1S/C7H16N2O2P2S/c1-3(8-12)5-6(4(2)9-13)11-7(14)10-5/h3-6,8-9H,12-13H2,1-2H3/t3-,4-,5+,6+/m1/s1. The molecule has 6 atom stereocenters. The third kappa shape index (κ3) is 2.74. The molecular formula is C7H16N2O2P2S. The lowest BCUT2D eigenvalue weighted by atomic mass is 10.0. The van der Waals surface area contributed by atoms with Crippen LogP contribution in [0.5, 0.6) is 0 Å². The van der Waals surface area contributed by atoms with Crippen LogP contribution in [0.4, 0.5) is 0 Å². The summed E-state index contributed by atoms with van der Waals surface area (Å²) in [4.78, 5) is 0. The van der Waals surface area contributed by atoms with Gasteiger partial charge >= 0.3 is 5.24 Å². The van der Waals surface area contributed by atoms with Gasteiger partial charge in [-0.3, -0.25) is 10.2 Å². The van der Waals surface area contributed by atoms with Gasteiger partial charge in [0.15, 0.2) is 12.2 Å². The Morgan fingerprint density at radius 1 is 1.14 bits per heavy atom. The van der Waals surface area contributed by atoms with Crippen LogP contribution in [0, 0.1) is 0 Å². The molecule has 0 bridgehead atoms. The molecule has 0 aliphatic carbocycles. The lowest BCUT2D eigenvalue weighted by molar-refractivity contribution is 0.111. The molecule has 1 rings (SSSR count). The van der Waals surface area contributed by atoms with Crippen LogP contribution in [0.3, 0.4) is 0 Å². The Morgan fingerprint density at radius 3 is 1.79 bits per heavy atom. The fraction of sp³-hybridized carbons (Fsp3) is 0.857. The Balaban J connectivity index is 2.67. The van der Waals surface area contributed by atoms with Crippen LogP contribution in [0.15, 0.2) is 0 Å². The smallest absolute Gasteiger partial charge is 0.353 e. The molecule has 82 valence electrons. The van der Waals surface area contributed by atoms with Crippen LogP contribution >= 0.6 is 31.0 Å². The van der Waals surface area contributed by atoms with Gasteiger partial charge in [-0.2, -0.15) is 0 Å². The fourth-order valence-electron chi connectivity index (χ4n) is 1.35. The van der Waals surface area contributed by atoms with Crippen molar-refractivity contribution in [2.45, 2.75) is 38.1 Å². The first-order valence-corrected chi connectivity index (χ1v) is 5.96. The van der Waals surface area contributed by atoms with E-state index in [1.807, 2.05) is 13.8 Å². The molecule has 0 aromatic rings. The normalized spacial score (nSPS) is 30.7. The molecule has 0 spiro atoms. The second-order valence-corrected chi connectivity index (χ2v) is 4.33. The van der Waals surface area contributed by atoms with Crippen molar-refractivity contribution in [2.24, 2.45) is 0 Å². The second kappa shape index (κ2) is 5.53. The SMILES string of the molecule is C[C@@H](NP)[C@@H]1OC(=S)O[C@H]1[C@@H](C)NP. The summed E-state index contributed by atoms with van der Waals surface area (Å²) in [5.74, 6) is 0. The number of hydrogen-bond donors (Lipinski definition) is 2. The fourth-order valence-corrected chi connectivity index (χ4v) is 1.95. The van der Waals surface area contributed by atoms with Gasteiger partial charge in [0.2, 0.25) is 0 Å². The molecular weight excluding hydrogens is 238 g/mol. The Morgan fingerprint density at radius 2 is 1.50 bits per heavy atom. The van der Waals surface area contributed by atoms with E-state index < -0.39 is 0 Å². The molecule has 1 saturated heterocycles. The highest BCUT2D eigenvalue weighted by Gasteiger charge is 2.40. The van der Waals surface area contributed by atoms with Crippen molar-refractivity contribution in [2.75, 3.05) is 0 Å². The summed E-state index contributed by atoms with van der Waals surface area (Å²) in [7, 11) is 4.94. The van der Waals surface area contributed by atoms with Gasteiger partial charge in [0.25, 0.3) is 0 Å². The zero-order valence-electron chi connectivity index (χ0n) is 8.19. The average molecular weight is 254 g/mol. The highest BCUT2D eigenvalue weighted by Crippen LogP contribution is 2.22. The van der Waals surface area contributed by atoms with Crippen molar-refractivity contribution in [1.82, 2.24) is 10.2 Å². The highest BCUT2D eigenvalue weighted by molar-refractivity contribution is 7.79. The summed E-state index contributed by atoms with van der Waals surface area (Å²) < 4.78 is 10.9. The number of nitrogens with one attached hydrogen (secondary N) is 2. The molecule has 0 saturated carbocycles. The summed E-state index contributed by atoms with van der Waals surface area (Å²) in [5.41, 5.74) is 0. The van der Waals surface area contributed by atoms with E-state index >= 15 is 0 Å². The maximum atomic E-state index is 5.43. The van der Waals surface area contributed by atoms with Crippen LogP contribution in [-0.4, -0.2) is 29.5 Å². The van der Waals surface area contributed by atoms with E-state index in [1.54, 1.807) is 0 Å². The number of thiocarbonyl (C=S) groups is 1. The van der Waals surface area contributed by atoms with Gasteiger partial charge in [-0.1, -0.05) is 18.8 Å². The Bertz CT molecular complexity index is 200. The molecule has 7 heteroatoms. The van der Waals surface area contributed by atoms with Gasteiger partial charge in [-0.05, 0) is 13.8 Å². The average Bonchev–Trinajstić information content (AvgIpc) is 2.58. The van der Waals surface area contributed by atoms with Crippen LogP contribution in [0.1, 0.15) is 13.8 Å². The van der Waals surface area contributed by atoms with Crippen molar-refractivity contribution in [3.05, 3.63) is 0 Å². The van der Waals surface area contributed by atoms with Gasteiger partial charge in [-0.25, -0.2) is 0 Å². The third-order valence-corrected chi connectivity index (χ3v) is 3.54. The van der Waals surface area contributed by atoms with Crippen molar-refractivity contribution in [3.8, 4) is 0 Å². The predicted molar refractivity (Wildman–Crippen MR) is 67.0 cm³/mol. The van der Waals surface area contributed by atoms with Crippen LogP contribution in [0.2, 0.25) is 0 Å². The lowest BCUT2D eigenvalue weighted by Gasteiger charge is -2.25. The zero-order chi connectivity index (χ0) is 10.7. The van der Waals surface area contributed by atoms with E-state index in [2.05, 4.69) is 29.0 Å². The van der Waals surface area contributed by atoms with E-state index in [0.717, 1.165) is 0 Å². The molecule has 4 nitrogen and oxygen atoms in total. The van der Waals surface area contributed by atoms with E-state index in [1.165, 1.54) is 0 Å². The molecule has 1 aliphatic heterocycles. The van der Waals surface area contributed by atoms with E-state index in [0.29, 0.717) is 0 Å². The number of ether oxygens (including phenoxy) is 2. The topological polar surface area (TPSA) is 42.5 Å². The minimum Gasteiger partial charge on any atom is -0.448 e. The molecule has 0 radical (unpaired) electrons. The van der Waals surface area contributed by atoms with E-state index in [4.69, 9.17) is 21.7 Å². The minimum atomic E-state index is -0.0527. The first-order valence-electron chi connectivity index (χ1n) is 4.39. The molecule has 0 aromatic heterocycles. The van der Waals surface area contributed by atoms with Crippen molar-refractivity contribution in [3.63, 3.8) is 0 Å². The predicted octanol–water partition coefficient (Wildman–Crippen LogP) is 0.592. The van der Waals surface area contributed by atoms with Crippen LogP contribution in [0.25, 0.3) is 0 Å². The maximum Gasteiger partial charge on any atom is 0.353 e. The first kappa shape index (κ1) is 12.5. The molecule has 14 heavy (non-hydrogen) atoms. The summed E-state index contributed by atoms with van der Waals surface area (Å²) in [6, 6.07) is 0.345. The monoisotopic (exact) mass is 254 g/mol. The largest absolute Gasteiger partial charge is 0.448 e. The van der Waals surface area contributed by atoms with Crippen molar-refractivity contribution >= 4 is 36.2 Å². The second-order valence-electron chi connectivity index (χ2n) is 3.33. The summed E-state index contributed by atoms with van der Waals surface area (Å²) in [6.45, 7) is 4.05. The maximum absolute atomic E-state index is 5.43. The molecule has 0 aromatic carbocycles. The number of hydrogen-bond acceptors (Lipinski definition) is 5. The van der Waals surface area contributed by atoms with E-state index in [-0.39, 0.29) is 29.5 Å². The molecule has 1 fully saturated rings. The zero-order valence-corrected chi connectivity index (χ0v) is 11.3. The van der Waals surface area contributed by atoms with Gasteiger partial charge in [0.1, 0.15) is 0 Å². The highest BCUT2D eigenvalue weighted by atomic mass is 32.1. The van der Waals surface area contributed by atoms with Crippen molar-refractivity contribution in [1.29, 1.82) is 0 Å². The van der Waals surface area contributed by atoms with Crippen LogP contribution < -0.4 is 10.2 Å². The molecule has 2 unspecified atom stereocenters. The molecule has 1 heterocycles. The first-order chi connectivity index (χ1) is 6.60. The lowest BCUT2D eigenvalue weighted by Crippen LogP contribution is -2.46. The summed E-state index contributed by atoms with van der Waals surface area (Å²) in [5, 5.41) is 6.34. The van der Waals surface area contributed by atoms with Gasteiger partial charge < -0.3 is 9.47 Å².